The summed E-state index contributed by atoms with van der Waals surface area (Å²) in [5, 5.41) is 10.5. The second-order valence-corrected chi connectivity index (χ2v) is 5.98. The molecule has 1 atom stereocenters. The third-order valence-electron chi connectivity index (χ3n) is 3.07. The lowest BCUT2D eigenvalue weighted by Gasteiger charge is -2.18. The van der Waals surface area contributed by atoms with E-state index in [1.54, 1.807) is 24.3 Å². The molecule has 0 saturated carbocycles. The standard InChI is InChI=1S/C15H13Br2FO3/c1-20-12-7-11(17)13(21-2)6-9(12)15(19)8-4-3-5-10(16)14(8)18/h3-7,15,19H,1-2H3. The van der Waals surface area contributed by atoms with Crippen LogP contribution < -0.4 is 9.47 Å². The Bertz CT molecular complexity index is 662. The van der Waals surface area contributed by atoms with Gasteiger partial charge in [0.1, 0.15) is 23.4 Å². The van der Waals surface area contributed by atoms with E-state index in [-0.39, 0.29) is 5.56 Å². The minimum atomic E-state index is -1.17. The van der Waals surface area contributed by atoms with E-state index in [0.29, 0.717) is 26.0 Å². The van der Waals surface area contributed by atoms with Crippen molar-refractivity contribution in [3.63, 3.8) is 0 Å². The first-order valence-electron chi connectivity index (χ1n) is 6.03. The van der Waals surface area contributed by atoms with E-state index in [4.69, 9.17) is 9.47 Å². The Morgan fingerprint density at radius 3 is 2.29 bits per heavy atom. The minimum Gasteiger partial charge on any atom is -0.496 e. The van der Waals surface area contributed by atoms with Gasteiger partial charge >= 0.3 is 0 Å². The first kappa shape index (κ1) is 16.3. The highest BCUT2D eigenvalue weighted by atomic mass is 79.9. The summed E-state index contributed by atoms with van der Waals surface area (Å²) in [4.78, 5) is 0. The van der Waals surface area contributed by atoms with Crippen molar-refractivity contribution in [2.75, 3.05) is 14.2 Å². The molecular formula is C15H13Br2FO3. The molecule has 112 valence electrons. The molecule has 1 unspecified atom stereocenters. The van der Waals surface area contributed by atoms with E-state index in [1.165, 1.54) is 20.3 Å². The maximum absolute atomic E-state index is 14.1. The van der Waals surface area contributed by atoms with E-state index in [9.17, 15) is 9.50 Å². The highest BCUT2D eigenvalue weighted by molar-refractivity contribution is 9.10. The van der Waals surface area contributed by atoms with Crippen molar-refractivity contribution >= 4 is 31.9 Å². The number of methoxy groups -OCH3 is 2. The van der Waals surface area contributed by atoms with Crippen LogP contribution in [-0.4, -0.2) is 19.3 Å². The molecule has 0 aliphatic heterocycles. The van der Waals surface area contributed by atoms with Crippen molar-refractivity contribution in [1.82, 2.24) is 0 Å². The number of hydrogen-bond donors (Lipinski definition) is 1. The molecule has 21 heavy (non-hydrogen) atoms. The lowest BCUT2D eigenvalue weighted by atomic mass is 10.00. The minimum absolute atomic E-state index is 0.159. The van der Waals surface area contributed by atoms with Crippen LogP contribution in [-0.2, 0) is 0 Å². The predicted molar refractivity (Wildman–Crippen MR) is 85.4 cm³/mol. The van der Waals surface area contributed by atoms with Crippen LogP contribution in [0.5, 0.6) is 11.5 Å². The number of hydrogen-bond acceptors (Lipinski definition) is 3. The van der Waals surface area contributed by atoms with Crippen LogP contribution in [0.2, 0.25) is 0 Å². The van der Waals surface area contributed by atoms with Gasteiger partial charge in [0, 0.05) is 11.1 Å². The van der Waals surface area contributed by atoms with Crippen LogP contribution >= 0.6 is 31.9 Å². The lowest BCUT2D eigenvalue weighted by Crippen LogP contribution is -2.06. The normalized spacial score (nSPS) is 12.1. The molecular weight excluding hydrogens is 407 g/mol. The number of benzene rings is 2. The second-order valence-electron chi connectivity index (χ2n) is 4.27. The van der Waals surface area contributed by atoms with Gasteiger partial charge < -0.3 is 14.6 Å². The Hall–Kier alpha value is -1.11. The largest absolute Gasteiger partial charge is 0.496 e. The van der Waals surface area contributed by atoms with Gasteiger partial charge in [0.25, 0.3) is 0 Å². The van der Waals surface area contributed by atoms with Crippen molar-refractivity contribution < 1.29 is 19.0 Å². The van der Waals surface area contributed by atoms with Gasteiger partial charge in [0.2, 0.25) is 0 Å². The Morgan fingerprint density at radius 1 is 1.00 bits per heavy atom. The summed E-state index contributed by atoms with van der Waals surface area (Å²) in [6.07, 6.45) is -1.17. The molecule has 6 heteroatoms. The average Bonchev–Trinajstić information content (AvgIpc) is 2.49. The average molecular weight is 420 g/mol. The topological polar surface area (TPSA) is 38.7 Å². The smallest absolute Gasteiger partial charge is 0.143 e. The van der Waals surface area contributed by atoms with Crippen molar-refractivity contribution in [3.05, 3.63) is 56.2 Å². The highest BCUT2D eigenvalue weighted by Gasteiger charge is 2.22. The molecule has 0 spiro atoms. The van der Waals surface area contributed by atoms with E-state index < -0.39 is 11.9 Å². The van der Waals surface area contributed by atoms with Crippen molar-refractivity contribution in [2.45, 2.75) is 6.10 Å². The molecule has 0 aliphatic rings. The fraction of sp³-hybridized carbons (Fsp3) is 0.200. The van der Waals surface area contributed by atoms with Gasteiger partial charge in [0.15, 0.2) is 0 Å². The SMILES string of the molecule is COc1cc(C(O)c2cccc(Br)c2F)c(OC)cc1Br. The quantitative estimate of drug-likeness (QED) is 0.795. The summed E-state index contributed by atoms with van der Waals surface area (Å²) >= 11 is 6.46. The summed E-state index contributed by atoms with van der Waals surface area (Å²) < 4.78 is 25.6. The van der Waals surface area contributed by atoms with E-state index in [2.05, 4.69) is 31.9 Å². The summed E-state index contributed by atoms with van der Waals surface area (Å²) in [5.41, 5.74) is 0.585. The lowest BCUT2D eigenvalue weighted by molar-refractivity contribution is 0.208. The van der Waals surface area contributed by atoms with E-state index >= 15 is 0 Å². The van der Waals surface area contributed by atoms with Crippen LogP contribution in [0.4, 0.5) is 4.39 Å². The summed E-state index contributed by atoms with van der Waals surface area (Å²) in [6, 6.07) is 8.05. The molecule has 0 radical (unpaired) electrons. The predicted octanol–water partition coefficient (Wildman–Crippen LogP) is 4.45. The molecule has 2 rings (SSSR count). The molecule has 2 aromatic carbocycles. The molecule has 3 nitrogen and oxygen atoms in total. The molecule has 0 aromatic heterocycles. The van der Waals surface area contributed by atoms with Gasteiger partial charge in [-0.15, -0.1) is 0 Å². The van der Waals surface area contributed by atoms with Crippen LogP contribution in [0.25, 0.3) is 0 Å². The fourth-order valence-corrected chi connectivity index (χ4v) is 2.86. The molecule has 0 saturated heterocycles. The number of aliphatic hydroxyl groups is 1. The van der Waals surface area contributed by atoms with Gasteiger partial charge in [-0.25, -0.2) is 4.39 Å². The Morgan fingerprint density at radius 2 is 1.67 bits per heavy atom. The van der Waals surface area contributed by atoms with Gasteiger partial charge in [0.05, 0.1) is 23.2 Å². The zero-order valence-corrected chi connectivity index (χ0v) is 14.5. The first-order valence-corrected chi connectivity index (χ1v) is 7.61. The third-order valence-corrected chi connectivity index (χ3v) is 4.31. The molecule has 2 aromatic rings. The van der Waals surface area contributed by atoms with Crippen LogP contribution in [0.3, 0.4) is 0 Å². The summed E-state index contributed by atoms with van der Waals surface area (Å²) in [6.45, 7) is 0. The summed E-state index contributed by atoms with van der Waals surface area (Å²) in [5.74, 6) is 0.462. The zero-order chi connectivity index (χ0) is 15.6. The number of aliphatic hydroxyl groups excluding tert-OH is 1. The zero-order valence-electron chi connectivity index (χ0n) is 11.4. The van der Waals surface area contributed by atoms with Crippen LogP contribution in [0.15, 0.2) is 39.3 Å². The molecule has 0 heterocycles. The molecule has 0 amide bonds. The number of ether oxygens (including phenoxy) is 2. The van der Waals surface area contributed by atoms with E-state index in [1.807, 2.05) is 0 Å². The van der Waals surface area contributed by atoms with Crippen LogP contribution in [0, 0.1) is 5.82 Å². The maximum atomic E-state index is 14.1. The first-order chi connectivity index (χ1) is 9.99. The van der Waals surface area contributed by atoms with Gasteiger partial charge in [-0.3, -0.25) is 0 Å². The summed E-state index contributed by atoms with van der Waals surface area (Å²) in [7, 11) is 3.00. The molecule has 1 N–H and O–H groups in total. The Kier molecular flexibility index (Phi) is 5.24. The Labute approximate surface area is 139 Å². The highest BCUT2D eigenvalue weighted by Crippen LogP contribution is 2.39. The number of halogens is 3. The second kappa shape index (κ2) is 6.77. The fourth-order valence-electron chi connectivity index (χ4n) is 2.00. The van der Waals surface area contributed by atoms with Crippen molar-refractivity contribution in [2.24, 2.45) is 0 Å². The monoisotopic (exact) mass is 418 g/mol. The van der Waals surface area contributed by atoms with Gasteiger partial charge in [-0.1, -0.05) is 12.1 Å². The molecule has 0 aliphatic carbocycles. The van der Waals surface area contributed by atoms with Crippen molar-refractivity contribution in [1.29, 1.82) is 0 Å². The number of rotatable bonds is 4. The van der Waals surface area contributed by atoms with E-state index in [0.717, 1.165) is 0 Å². The van der Waals surface area contributed by atoms with Crippen LogP contribution in [0.1, 0.15) is 17.2 Å². The molecule has 0 fully saturated rings. The Balaban J connectivity index is 2.56. The van der Waals surface area contributed by atoms with Gasteiger partial charge in [-0.05, 0) is 50.1 Å². The third kappa shape index (κ3) is 3.22. The van der Waals surface area contributed by atoms with Gasteiger partial charge in [-0.2, -0.15) is 0 Å². The van der Waals surface area contributed by atoms with Crippen molar-refractivity contribution in [3.8, 4) is 11.5 Å². The molecule has 0 bridgehead atoms. The maximum Gasteiger partial charge on any atom is 0.143 e.